The molecular formula is C10H18N2O4. The van der Waals surface area contributed by atoms with Gasteiger partial charge in [-0.3, -0.25) is 4.79 Å². The maximum Gasteiger partial charge on any atom is 0.328 e. The Kier molecular flexibility index (Phi) is 4.70. The number of piperidine rings is 1. The summed E-state index contributed by atoms with van der Waals surface area (Å²) in [7, 11) is 0. The van der Waals surface area contributed by atoms with Crippen molar-refractivity contribution in [2.75, 3.05) is 13.2 Å². The third-order valence-corrected chi connectivity index (χ3v) is 2.85. The highest BCUT2D eigenvalue weighted by Gasteiger charge is 2.30. The Morgan fingerprint density at radius 2 is 2.25 bits per heavy atom. The summed E-state index contributed by atoms with van der Waals surface area (Å²) in [6.45, 7) is 2.12. The quantitative estimate of drug-likeness (QED) is 0.493. The van der Waals surface area contributed by atoms with Crippen LogP contribution in [0, 0.1) is 5.92 Å². The van der Waals surface area contributed by atoms with E-state index in [1.165, 1.54) is 0 Å². The Balaban J connectivity index is 2.52. The molecular weight excluding hydrogens is 212 g/mol. The van der Waals surface area contributed by atoms with Crippen LogP contribution < -0.4 is 10.6 Å². The molecule has 0 radical (unpaired) electrons. The summed E-state index contributed by atoms with van der Waals surface area (Å²) in [5, 5.41) is 22.9. The van der Waals surface area contributed by atoms with Crippen molar-refractivity contribution < 1.29 is 19.8 Å². The topological polar surface area (TPSA) is 98.7 Å². The average Bonchev–Trinajstić information content (AvgIpc) is 2.25. The zero-order valence-electron chi connectivity index (χ0n) is 9.27. The van der Waals surface area contributed by atoms with Crippen LogP contribution in [0.5, 0.6) is 0 Å². The van der Waals surface area contributed by atoms with Gasteiger partial charge in [0.2, 0.25) is 5.91 Å². The molecule has 1 amide bonds. The van der Waals surface area contributed by atoms with E-state index in [2.05, 4.69) is 10.6 Å². The minimum absolute atomic E-state index is 0.182. The number of carboxylic acid groups (broad SMARTS) is 1. The summed E-state index contributed by atoms with van der Waals surface area (Å²) in [5.41, 5.74) is 0. The minimum atomic E-state index is -1.22. The van der Waals surface area contributed by atoms with Crippen molar-refractivity contribution >= 4 is 11.9 Å². The lowest BCUT2D eigenvalue weighted by atomic mass is 9.92. The van der Waals surface area contributed by atoms with Gasteiger partial charge in [0.05, 0.1) is 12.6 Å². The fraction of sp³-hybridized carbons (Fsp3) is 0.800. The zero-order valence-corrected chi connectivity index (χ0v) is 9.27. The molecule has 6 nitrogen and oxygen atoms in total. The van der Waals surface area contributed by atoms with E-state index in [-0.39, 0.29) is 17.9 Å². The molecule has 1 rings (SSSR count). The number of amides is 1. The van der Waals surface area contributed by atoms with Crippen LogP contribution in [0.3, 0.4) is 0 Å². The van der Waals surface area contributed by atoms with Gasteiger partial charge in [0.25, 0.3) is 0 Å². The van der Waals surface area contributed by atoms with Crippen LogP contribution in [0.25, 0.3) is 0 Å². The van der Waals surface area contributed by atoms with Crippen LogP contribution in [0.1, 0.15) is 19.8 Å². The number of aliphatic hydroxyl groups excluding tert-OH is 1. The number of hydrogen-bond donors (Lipinski definition) is 4. The monoisotopic (exact) mass is 230 g/mol. The van der Waals surface area contributed by atoms with E-state index in [4.69, 9.17) is 10.2 Å². The second-order valence-electron chi connectivity index (χ2n) is 4.13. The van der Waals surface area contributed by atoms with E-state index < -0.39 is 18.6 Å². The number of aliphatic carboxylic acids is 1. The van der Waals surface area contributed by atoms with Crippen LogP contribution in [-0.4, -0.2) is 47.3 Å². The number of carbonyl (C=O) groups is 2. The highest BCUT2D eigenvalue weighted by atomic mass is 16.4. The molecule has 3 atom stereocenters. The SMILES string of the molecule is CC1CCCNC1C(=O)NC(CO)C(=O)O. The van der Waals surface area contributed by atoms with Crippen LogP contribution in [0.15, 0.2) is 0 Å². The predicted molar refractivity (Wildman–Crippen MR) is 56.8 cm³/mol. The van der Waals surface area contributed by atoms with Crippen molar-refractivity contribution in [3.63, 3.8) is 0 Å². The van der Waals surface area contributed by atoms with E-state index in [1.807, 2.05) is 6.92 Å². The summed E-state index contributed by atoms with van der Waals surface area (Å²) in [6, 6.07) is -1.58. The normalized spacial score (nSPS) is 27.1. The second kappa shape index (κ2) is 5.81. The highest BCUT2D eigenvalue weighted by molar-refractivity contribution is 5.87. The van der Waals surface area contributed by atoms with E-state index in [0.29, 0.717) is 0 Å². The molecule has 0 aromatic carbocycles. The van der Waals surface area contributed by atoms with Crippen molar-refractivity contribution in [2.45, 2.75) is 31.8 Å². The third-order valence-electron chi connectivity index (χ3n) is 2.85. The Bertz CT molecular complexity index is 270. The van der Waals surface area contributed by atoms with E-state index in [0.717, 1.165) is 19.4 Å². The first-order valence-electron chi connectivity index (χ1n) is 5.43. The van der Waals surface area contributed by atoms with Gasteiger partial charge in [-0.25, -0.2) is 4.79 Å². The Morgan fingerprint density at radius 1 is 1.56 bits per heavy atom. The molecule has 0 aromatic rings. The van der Waals surface area contributed by atoms with Gasteiger partial charge in [0.15, 0.2) is 0 Å². The molecule has 3 unspecified atom stereocenters. The van der Waals surface area contributed by atoms with Crippen LogP contribution in [-0.2, 0) is 9.59 Å². The van der Waals surface area contributed by atoms with Crippen molar-refractivity contribution in [2.24, 2.45) is 5.92 Å². The number of aliphatic hydroxyl groups is 1. The molecule has 4 N–H and O–H groups in total. The number of hydrogen-bond acceptors (Lipinski definition) is 4. The molecule has 6 heteroatoms. The van der Waals surface area contributed by atoms with Gasteiger partial charge >= 0.3 is 5.97 Å². The molecule has 92 valence electrons. The maximum atomic E-state index is 11.7. The van der Waals surface area contributed by atoms with Gasteiger partial charge in [0.1, 0.15) is 6.04 Å². The van der Waals surface area contributed by atoms with Crippen LogP contribution >= 0.6 is 0 Å². The largest absolute Gasteiger partial charge is 0.480 e. The lowest BCUT2D eigenvalue weighted by molar-refractivity contribution is -0.143. The van der Waals surface area contributed by atoms with Gasteiger partial charge in [0, 0.05) is 0 Å². The van der Waals surface area contributed by atoms with Crippen molar-refractivity contribution in [3.05, 3.63) is 0 Å². The van der Waals surface area contributed by atoms with Gasteiger partial charge < -0.3 is 20.8 Å². The fourth-order valence-electron chi connectivity index (χ4n) is 1.85. The van der Waals surface area contributed by atoms with Crippen molar-refractivity contribution in [1.29, 1.82) is 0 Å². The number of rotatable bonds is 4. The minimum Gasteiger partial charge on any atom is -0.480 e. The zero-order chi connectivity index (χ0) is 12.1. The molecule has 0 saturated carbocycles. The van der Waals surface area contributed by atoms with Gasteiger partial charge in [-0.2, -0.15) is 0 Å². The molecule has 0 aliphatic carbocycles. The summed E-state index contributed by atoms with van der Waals surface area (Å²) >= 11 is 0. The summed E-state index contributed by atoms with van der Waals surface area (Å²) in [4.78, 5) is 22.4. The van der Waals surface area contributed by atoms with Crippen LogP contribution in [0.4, 0.5) is 0 Å². The fourth-order valence-corrected chi connectivity index (χ4v) is 1.85. The van der Waals surface area contributed by atoms with Gasteiger partial charge in [-0.15, -0.1) is 0 Å². The standard InChI is InChI=1S/C10H18N2O4/c1-6-3-2-4-11-8(6)9(14)12-7(5-13)10(15)16/h6-8,11,13H,2-5H2,1H3,(H,12,14)(H,15,16). The third kappa shape index (κ3) is 3.18. The molecule has 1 fully saturated rings. The number of nitrogens with one attached hydrogen (secondary N) is 2. The molecule has 1 saturated heterocycles. The first-order chi connectivity index (χ1) is 7.56. The average molecular weight is 230 g/mol. The van der Waals surface area contributed by atoms with E-state index in [1.54, 1.807) is 0 Å². The molecule has 0 spiro atoms. The van der Waals surface area contributed by atoms with Gasteiger partial charge in [-0.05, 0) is 25.3 Å². The molecule has 16 heavy (non-hydrogen) atoms. The molecule has 0 aromatic heterocycles. The summed E-state index contributed by atoms with van der Waals surface area (Å²) in [6.07, 6.45) is 1.97. The summed E-state index contributed by atoms with van der Waals surface area (Å²) < 4.78 is 0. The molecule has 1 aliphatic rings. The lowest BCUT2D eigenvalue weighted by Gasteiger charge is -2.29. The Hall–Kier alpha value is -1.14. The maximum absolute atomic E-state index is 11.7. The first-order valence-corrected chi connectivity index (χ1v) is 5.43. The van der Waals surface area contributed by atoms with Crippen molar-refractivity contribution in [1.82, 2.24) is 10.6 Å². The second-order valence-corrected chi connectivity index (χ2v) is 4.13. The number of carbonyl (C=O) groups excluding carboxylic acids is 1. The molecule has 1 heterocycles. The predicted octanol–water partition coefficient (Wildman–Crippen LogP) is -1.06. The molecule has 1 aliphatic heterocycles. The summed E-state index contributed by atoms with van der Waals surface area (Å²) in [5.74, 6) is -1.39. The Morgan fingerprint density at radius 3 is 2.75 bits per heavy atom. The van der Waals surface area contributed by atoms with E-state index >= 15 is 0 Å². The van der Waals surface area contributed by atoms with E-state index in [9.17, 15) is 9.59 Å². The smallest absolute Gasteiger partial charge is 0.328 e. The van der Waals surface area contributed by atoms with Crippen LogP contribution in [0.2, 0.25) is 0 Å². The highest BCUT2D eigenvalue weighted by Crippen LogP contribution is 2.15. The lowest BCUT2D eigenvalue weighted by Crippen LogP contribution is -2.55. The van der Waals surface area contributed by atoms with Gasteiger partial charge in [-0.1, -0.05) is 6.92 Å². The number of carboxylic acids is 1. The first kappa shape index (κ1) is 12.9. The molecule has 0 bridgehead atoms. The Labute approximate surface area is 94.0 Å². The van der Waals surface area contributed by atoms with Crippen molar-refractivity contribution in [3.8, 4) is 0 Å².